The van der Waals surface area contributed by atoms with Crippen molar-refractivity contribution in [1.82, 2.24) is 4.90 Å². The van der Waals surface area contributed by atoms with E-state index in [-0.39, 0.29) is 17.9 Å². The Morgan fingerprint density at radius 1 is 1.54 bits per heavy atom. The van der Waals surface area contributed by atoms with Crippen LogP contribution in [0.5, 0.6) is 0 Å². The lowest BCUT2D eigenvalue weighted by Gasteiger charge is -2.43. The summed E-state index contributed by atoms with van der Waals surface area (Å²) in [5, 5.41) is 0. The average molecular weight is 181 g/mol. The quantitative estimate of drug-likeness (QED) is 0.440. The Labute approximate surface area is 78.4 Å². The summed E-state index contributed by atoms with van der Waals surface area (Å²) in [4.78, 5) is 13.7. The van der Waals surface area contributed by atoms with E-state index in [0.29, 0.717) is 5.92 Å². The third kappa shape index (κ3) is 1.37. The highest BCUT2D eigenvalue weighted by Gasteiger charge is 2.39. The van der Waals surface area contributed by atoms with Gasteiger partial charge in [-0.3, -0.25) is 9.69 Å². The first kappa shape index (κ1) is 8.75. The highest BCUT2D eigenvalue weighted by molar-refractivity contribution is 5.74. The summed E-state index contributed by atoms with van der Waals surface area (Å²) in [6.45, 7) is 1.08. The number of piperidine rings is 1. The molecule has 13 heavy (non-hydrogen) atoms. The van der Waals surface area contributed by atoms with E-state index in [9.17, 15) is 4.79 Å². The molecule has 0 N–H and O–H groups in total. The second-order valence-corrected chi connectivity index (χ2v) is 3.94. The zero-order valence-corrected chi connectivity index (χ0v) is 8.06. The Balaban J connectivity index is 2.16. The molecule has 3 nitrogen and oxygen atoms in total. The Hall–Kier alpha value is -0.830. The molecule has 0 aromatic carbocycles. The van der Waals surface area contributed by atoms with Crippen LogP contribution in [0, 0.1) is 11.8 Å². The van der Waals surface area contributed by atoms with E-state index in [2.05, 4.69) is 24.1 Å². The van der Waals surface area contributed by atoms with Gasteiger partial charge in [0, 0.05) is 12.6 Å². The number of carbonyl (C=O) groups is 1. The molecule has 0 spiro atoms. The van der Waals surface area contributed by atoms with Crippen molar-refractivity contribution in [3.05, 3.63) is 12.2 Å². The molecule has 0 amide bonds. The Morgan fingerprint density at radius 3 is 2.85 bits per heavy atom. The molecule has 0 unspecified atom stereocenters. The van der Waals surface area contributed by atoms with E-state index in [0.717, 1.165) is 13.0 Å². The number of hydrogen-bond acceptors (Lipinski definition) is 3. The van der Waals surface area contributed by atoms with Crippen molar-refractivity contribution in [1.29, 1.82) is 0 Å². The maximum Gasteiger partial charge on any atom is 0.310 e. The first-order valence-electron chi connectivity index (χ1n) is 4.68. The summed E-state index contributed by atoms with van der Waals surface area (Å²) >= 11 is 0. The predicted octanol–water partition coefficient (Wildman–Crippen LogP) is 0.666. The number of ether oxygens (including phenoxy) is 1. The van der Waals surface area contributed by atoms with E-state index in [1.807, 2.05) is 0 Å². The fourth-order valence-electron chi connectivity index (χ4n) is 2.42. The monoisotopic (exact) mass is 181 g/mol. The molecule has 0 aromatic rings. The summed E-state index contributed by atoms with van der Waals surface area (Å²) in [6.07, 6.45) is 5.32. The third-order valence-corrected chi connectivity index (χ3v) is 3.08. The second kappa shape index (κ2) is 3.14. The fourth-order valence-corrected chi connectivity index (χ4v) is 2.42. The van der Waals surface area contributed by atoms with E-state index >= 15 is 0 Å². The number of rotatable bonds is 1. The number of nitrogens with zero attached hydrogens (tertiary/aromatic N) is 1. The van der Waals surface area contributed by atoms with Crippen LogP contribution in [0.15, 0.2) is 12.2 Å². The summed E-state index contributed by atoms with van der Waals surface area (Å²) in [5.41, 5.74) is 0. The van der Waals surface area contributed by atoms with E-state index in [4.69, 9.17) is 4.74 Å². The summed E-state index contributed by atoms with van der Waals surface area (Å²) in [7, 11) is 3.53. The molecule has 3 atom stereocenters. The van der Waals surface area contributed by atoms with Crippen LogP contribution in [0.25, 0.3) is 0 Å². The first-order valence-corrected chi connectivity index (χ1v) is 4.68. The molecule has 1 aliphatic carbocycles. The van der Waals surface area contributed by atoms with Crippen LogP contribution in [0.4, 0.5) is 0 Å². The number of fused-ring (bicyclic) bond motifs is 2. The van der Waals surface area contributed by atoms with Gasteiger partial charge in [0.05, 0.1) is 13.0 Å². The van der Waals surface area contributed by atoms with Gasteiger partial charge in [0.15, 0.2) is 0 Å². The molecule has 72 valence electrons. The van der Waals surface area contributed by atoms with Gasteiger partial charge in [0.1, 0.15) is 0 Å². The Morgan fingerprint density at radius 2 is 2.31 bits per heavy atom. The lowest BCUT2D eigenvalue weighted by Crippen LogP contribution is -2.50. The van der Waals surface area contributed by atoms with Gasteiger partial charge < -0.3 is 4.74 Å². The number of hydrogen-bond donors (Lipinski definition) is 0. The molecular formula is C10H15NO2. The van der Waals surface area contributed by atoms with Crippen LogP contribution >= 0.6 is 0 Å². The standard InChI is InChI=1S/C10H15NO2/c1-11-6-7-3-4-9(11)8(5-7)10(12)13-2/h3-4,7-9H,5-6H2,1-2H3/t7-,8+,9-/m1/s1. The third-order valence-electron chi connectivity index (χ3n) is 3.08. The van der Waals surface area contributed by atoms with E-state index in [1.165, 1.54) is 7.11 Å². The van der Waals surface area contributed by atoms with Crippen LogP contribution in [0.1, 0.15) is 6.42 Å². The van der Waals surface area contributed by atoms with E-state index < -0.39 is 0 Å². The van der Waals surface area contributed by atoms with Gasteiger partial charge in [0.2, 0.25) is 0 Å². The van der Waals surface area contributed by atoms with Crippen molar-refractivity contribution in [2.45, 2.75) is 12.5 Å². The van der Waals surface area contributed by atoms with Crippen LogP contribution in [0.3, 0.4) is 0 Å². The number of methoxy groups -OCH3 is 1. The minimum Gasteiger partial charge on any atom is -0.469 e. The summed E-state index contributed by atoms with van der Waals surface area (Å²) in [6, 6.07) is 0.262. The Kier molecular flexibility index (Phi) is 2.12. The molecule has 2 bridgehead atoms. The second-order valence-electron chi connectivity index (χ2n) is 3.94. The van der Waals surface area contributed by atoms with Gasteiger partial charge in [-0.15, -0.1) is 0 Å². The zero-order chi connectivity index (χ0) is 9.42. The van der Waals surface area contributed by atoms with Crippen molar-refractivity contribution in [2.75, 3.05) is 20.7 Å². The van der Waals surface area contributed by atoms with Gasteiger partial charge in [-0.1, -0.05) is 12.2 Å². The molecule has 0 aromatic heterocycles. The van der Waals surface area contributed by atoms with Gasteiger partial charge in [-0.2, -0.15) is 0 Å². The molecule has 0 saturated carbocycles. The van der Waals surface area contributed by atoms with E-state index in [1.54, 1.807) is 0 Å². The molecule has 3 heteroatoms. The fraction of sp³-hybridized carbons (Fsp3) is 0.700. The SMILES string of the molecule is COC(=O)[C@H]1C[C@H]2C=C[C@H]1N(C)C2. The maximum atomic E-state index is 11.4. The molecule has 1 saturated heterocycles. The van der Waals surface area contributed by atoms with Crippen molar-refractivity contribution in [3.8, 4) is 0 Å². The van der Waals surface area contributed by atoms with Gasteiger partial charge in [0.25, 0.3) is 0 Å². The largest absolute Gasteiger partial charge is 0.469 e. The molecule has 2 aliphatic heterocycles. The maximum absolute atomic E-state index is 11.4. The minimum absolute atomic E-state index is 0.0544. The molecular weight excluding hydrogens is 166 g/mol. The van der Waals surface area contributed by atoms with Crippen molar-refractivity contribution in [2.24, 2.45) is 11.8 Å². The number of likely N-dealkylation sites (N-methyl/N-ethyl adjacent to an activating group) is 1. The predicted molar refractivity (Wildman–Crippen MR) is 49.2 cm³/mol. The topological polar surface area (TPSA) is 29.5 Å². The normalized spacial score (nSPS) is 37.8. The molecule has 3 rings (SSSR count). The highest BCUT2D eigenvalue weighted by Crippen LogP contribution is 2.33. The van der Waals surface area contributed by atoms with Crippen LogP contribution in [-0.4, -0.2) is 37.6 Å². The Bertz CT molecular complexity index is 249. The summed E-state index contributed by atoms with van der Waals surface area (Å²) in [5.74, 6) is 0.531. The van der Waals surface area contributed by atoms with Crippen LogP contribution in [0.2, 0.25) is 0 Å². The zero-order valence-electron chi connectivity index (χ0n) is 8.06. The van der Waals surface area contributed by atoms with Gasteiger partial charge in [-0.25, -0.2) is 0 Å². The molecule has 0 radical (unpaired) electrons. The number of carbonyl (C=O) groups excluding carboxylic acids is 1. The van der Waals surface area contributed by atoms with Crippen LogP contribution in [-0.2, 0) is 9.53 Å². The molecule has 3 aliphatic rings. The van der Waals surface area contributed by atoms with Gasteiger partial charge >= 0.3 is 5.97 Å². The number of esters is 1. The lowest BCUT2D eigenvalue weighted by atomic mass is 9.78. The molecule has 1 fully saturated rings. The van der Waals surface area contributed by atoms with Crippen molar-refractivity contribution >= 4 is 5.97 Å². The summed E-state index contributed by atoms with van der Waals surface area (Å²) < 4.78 is 4.79. The highest BCUT2D eigenvalue weighted by atomic mass is 16.5. The van der Waals surface area contributed by atoms with Gasteiger partial charge in [-0.05, 0) is 19.4 Å². The minimum atomic E-state index is -0.0640. The lowest BCUT2D eigenvalue weighted by molar-refractivity contribution is -0.149. The average Bonchev–Trinajstić information content (AvgIpc) is 2.17. The molecule has 2 heterocycles. The van der Waals surface area contributed by atoms with Crippen LogP contribution < -0.4 is 0 Å². The first-order chi connectivity index (χ1) is 6.22. The smallest absolute Gasteiger partial charge is 0.310 e. The van der Waals surface area contributed by atoms with Crippen molar-refractivity contribution < 1.29 is 9.53 Å². The van der Waals surface area contributed by atoms with Crippen molar-refractivity contribution in [3.63, 3.8) is 0 Å².